The molecule has 5 nitrogen and oxygen atoms in total. The molecule has 2 aromatic carbocycles. The minimum absolute atomic E-state index is 0.0520. The van der Waals surface area contributed by atoms with E-state index in [0.29, 0.717) is 10.6 Å². The Morgan fingerprint density at radius 2 is 1.84 bits per heavy atom. The molecule has 1 N–H and O–H groups in total. The summed E-state index contributed by atoms with van der Waals surface area (Å²) in [5, 5.41) is 2.77. The predicted octanol–water partition coefficient (Wildman–Crippen LogP) is 5.43. The van der Waals surface area contributed by atoms with Crippen molar-refractivity contribution in [3.8, 4) is 11.1 Å². The normalized spacial score (nSPS) is 11.8. The van der Waals surface area contributed by atoms with Crippen molar-refractivity contribution < 1.29 is 13.2 Å². The van der Waals surface area contributed by atoms with Crippen molar-refractivity contribution in [2.75, 3.05) is 11.1 Å². The van der Waals surface area contributed by atoms with Gasteiger partial charge in [0.05, 0.1) is 10.6 Å². The highest BCUT2D eigenvalue weighted by Crippen LogP contribution is 2.31. The number of carbonyl (C=O) groups excluding carboxylic acids is 1. The fourth-order valence-electron chi connectivity index (χ4n) is 3.43. The highest BCUT2D eigenvalue weighted by molar-refractivity contribution is 7.91. The molecule has 0 bridgehead atoms. The summed E-state index contributed by atoms with van der Waals surface area (Å²) in [6, 6.07) is 16.5. The summed E-state index contributed by atoms with van der Waals surface area (Å²) >= 11 is 0. The van der Waals surface area contributed by atoms with Crippen LogP contribution in [0.25, 0.3) is 16.7 Å². The molecule has 1 heterocycles. The number of nitrogens with zero attached hydrogens (tertiary/aromatic N) is 1. The first-order valence-electron chi connectivity index (χ1n) is 10.3. The molecule has 0 radical (unpaired) electrons. The number of allylic oxidation sites excluding steroid dienone is 1. The van der Waals surface area contributed by atoms with Crippen LogP contribution in [0, 0.1) is 6.92 Å². The molecule has 0 aliphatic carbocycles. The molecule has 6 heteroatoms. The van der Waals surface area contributed by atoms with Crippen LogP contribution in [0.15, 0.2) is 84.4 Å². The number of nitrogens with one attached hydrogen (secondary N) is 1. The van der Waals surface area contributed by atoms with Crippen LogP contribution in [0.2, 0.25) is 0 Å². The Morgan fingerprint density at radius 3 is 2.53 bits per heavy atom. The van der Waals surface area contributed by atoms with Gasteiger partial charge in [-0.05, 0) is 67.0 Å². The van der Waals surface area contributed by atoms with Gasteiger partial charge in [-0.2, -0.15) is 0 Å². The number of aryl methyl sites for hydroxylation is 1. The largest absolute Gasteiger partial charge is 0.323 e. The summed E-state index contributed by atoms with van der Waals surface area (Å²) in [6.45, 7) is 8.97. The van der Waals surface area contributed by atoms with E-state index in [1.807, 2.05) is 56.3 Å². The first kappa shape index (κ1) is 23.2. The number of hydrogen-bond acceptors (Lipinski definition) is 4. The van der Waals surface area contributed by atoms with E-state index in [9.17, 15) is 13.2 Å². The molecule has 3 aromatic rings. The molecule has 32 heavy (non-hydrogen) atoms. The van der Waals surface area contributed by atoms with Crippen LogP contribution in [-0.4, -0.2) is 25.1 Å². The van der Waals surface area contributed by atoms with Crippen molar-refractivity contribution in [3.05, 3.63) is 96.3 Å². The van der Waals surface area contributed by atoms with E-state index >= 15 is 0 Å². The number of anilines is 1. The highest BCUT2D eigenvalue weighted by Gasteiger charge is 2.15. The summed E-state index contributed by atoms with van der Waals surface area (Å²) in [5.41, 5.74) is 5.92. The Balaban J connectivity index is 2.06. The van der Waals surface area contributed by atoms with Crippen LogP contribution in [0.5, 0.6) is 0 Å². The van der Waals surface area contributed by atoms with Gasteiger partial charge in [-0.1, -0.05) is 43.8 Å². The molecule has 0 saturated heterocycles. The van der Waals surface area contributed by atoms with E-state index in [1.165, 1.54) is 6.08 Å². The second-order valence-electron chi connectivity index (χ2n) is 7.26. The van der Waals surface area contributed by atoms with Crippen molar-refractivity contribution in [2.24, 2.45) is 0 Å². The van der Waals surface area contributed by atoms with Crippen LogP contribution in [-0.2, 0) is 14.6 Å². The lowest BCUT2D eigenvalue weighted by Gasteiger charge is -2.14. The van der Waals surface area contributed by atoms with Crippen molar-refractivity contribution in [2.45, 2.75) is 25.7 Å². The van der Waals surface area contributed by atoms with Gasteiger partial charge in [-0.25, -0.2) is 8.42 Å². The molecule has 0 fully saturated rings. The molecule has 0 saturated carbocycles. The smallest absolute Gasteiger partial charge is 0.247 e. The van der Waals surface area contributed by atoms with E-state index in [2.05, 4.69) is 16.9 Å². The van der Waals surface area contributed by atoms with Gasteiger partial charge in [0, 0.05) is 28.7 Å². The number of aromatic nitrogens is 1. The Bertz CT molecular complexity index is 1310. The lowest BCUT2D eigenvalue weighted by molar-refractivity contribution is -0.111. The first-order chi connectivity index (χ1) is 15.3. The summed E-state index contributed by atoms with van der Waals surface area (Å²) < 4.78 is 24.7. The quantitative estimate of drug-likeness (QED) is 0.491. The van der Waals surface area contributed by atoms with Crippen molar-refractivity contribution in [1.82, 2.24) is 4.98 Å². The van der Waals surface area contributed by atoms with Crippen molar-refractivity contribution in [3.63, 3.8) is 0 Å². The summed E-state index contributed by atoms with van der Waals surface area (Å²) in [5.74, 6) is -0.223. The zero-order valence-corrected chi connectivity index (χ0v) is 19.2. The van der Waals surface area contributed by atoms with E-state index in [0.717, 1.165) is 33.5 Å². The minimum Gasteiger partial charge on any atom is -0.323 e. The molecular formula is C26H26N2O3S. The third-order valence-corrected chi connectivity index (χ3v) is 6.93. The molecule has 0 aliphatic heterocycles. The van der Waals surface area contributed by atoms with Crippen molar-refractivity contribution in [1.29, 1.82) is 0 Å². The fourth-order valence-corrected chi connectivity index (χ4v) is 4.36. The third kappa shape index (κ3) is 5.03. The molecular weight excluding hydrogens is 420 g/mol. The van der Waals surface area contributed by atoms with Gasteiger partial charge in [-0.3, -0.25) is 9.78 Å². The number of pyridine rings is 1. The number of benzene rings is 2. The topological polar surface area (TPSA) is 76.1 Å². The summed E-state index contributed by atoms with van der Waals surface area (Å²) in [4.78, 5) is 16.5. The maximum Gasteiger partial charge on any atom is 0.247 e. The Kier molecular flexibility index (Phi) is 7.05. The highest BCUT2D eigenvalue weighted by atomic mass is 32.2. The number of sulfone groups is 1. The molecule has 1 amide bonds. The standard InChI is InChI=1S/C26H26N2O3S/c1-5-24(20-11-9-13-23(15-20)32(30,31)7-3)25-16-21(17-27-18(25)4)19-10-8-12-22(14-19)28-26(29)6-2/h5-6,8-17H,2,7H2,1,3-4H3,(H,28,29)/b24-5-. The number of amides is 1. The maximum atomic E-state index is 12.4. The fraction of sp³-hybridized carbons (Fsp3) is 0.154. The number of hydrogen-bond donors (Lipinski definition) is 1. The van der Waals surface area contributed by atoms with Gasteiger partial charge >= 0.3 is 0 Å². The van der Waals surface area contributed by atoms with Gasteiger partial charge in [-0.15, -0.1) is 0 Å². The molecule has 0 aliphatic rings. The van der Waals surface area contributed by atoms with Crippen LogP contribution in [0.4, 0.5) is 5.69 Å². The second kappa shape index (κ2) is 9.75. The maximum absolute atomic E-state index is 12.4. The second-order valence-corrected chi connectivity index (χ2v) is 9.54. The zero-order valence-electron chi connectivity index (χ0n) is 18.4. The van der Waals surface area contributed by atoms with E-state index in [-0.39, 0.29) is 11.7 Å². The number of carbonyl (C=O) groups is 1. The van der Waals surface area contributed by atoms with Crippen LogP contribution in [0.3, 0.4) is 0 Å². The van der Waals surface area contributed by atoms with Crippen molar-refractivity contribution >= 4 is 27.0 Å². The SMILES string of the molecule is C=CC(=O)Nc1cccc(-c2cnc(C)c(/C(=C\C)c3cccc(S(=O)(=O)CC)c3)c2)c1. The van der Waals surface area contributed by atoms with Gasteiger partial charge in [0.25, 0.3) is 0 Å². The average Bonchev–Trinajstić information content (AvgIpc) is 2.81. The Labute approximate surface area is 189 Å². The lowest BCUT2D eigenvalue weighted by Crippen LogP contribution is -2.07. The van der Waals surface area contributed by atoms with Crippen LogP contribution >= 0.6 is 0 Å². The predicted molar refractivity (Wildman–Crippen MR) is 130 cm³/mol. The lowest BCUT2D eigenvalue weighted by atomic mass is 9.94. The van der Waals surface area contributed by atoms with Crippen LogP contribution < -0.4 is 5.32 Å². The van der Waals surface area contributed by atoms with E-state index in [4.69, 9.17) is 0 Å². The van der Waals surface area contributed by atoms with Gasteiger partial charge in [0.2, 0.25) is 5.91 Å². The molecule has 3 rings (SSSR count). The average molecular weight is 447 g/mol. The van der Waals surface area contributed by atoms with E-state index < -0.39 is 9.84 Å². The molecule has 164 valence electrons. The first-order valence-corrected chi connectivity index (χ1v) is 11.9. The minimum atomic E-state index is -3.31. The Morgan fingerprint density at radius 1 is 1.09 bits per heavy atom. The molecule has 0 atom stereocenters. The molecule has 0 unspecified atom stereocenters. The van der Waals surface area contributed by atoms with E-state index in [1.54, 1.807) is 31.3 Å². The molecule has 1 aromatic heterocycles. The summed E-state index contributed by atoms with van der Waals surface area (Å²) in [6.07, 6.45) is 4.98. The number of rotatable bonds is 7. The Hall–Kier alpha value is -3.51. The molecule has 0 spiro atoms. The van der Waals surface area contributed by atoms with Gasteiger partial charge in [0.15, 0.2) is 9.84 Å². The zero-order chi connectivity index (χ0) is 23.3. The van der Waals surface area contributed by atoms with Gasteiger partial charge in [0.1, 0.15) is 0 Å². The van der Waals surface area contributed by atoms with Crippen LogP contribution in [0.1, 0.15) is 30.7 Å². The summed E-state index contributed by atoms with van der Waals surface area (Å²) in [7, 11) is -3.31. The third-order valence-electron chi connectivity index (χ3n) is 5.20. The van der Waals surface area contributed by atoms with Gasteiger partial charge < -0.3 is 5.32 Å². The monoisotopic (exact) mass is 446 g/mol.